The molecule has 0 atom stereocenters. The largest absolute Gasteiger partial charge is 0.497 e. The van der Waals surface area contributed by atoms with Gasteiger partial charge in [0, 0.05) is 24.1 Å². The lowest BCUT2D eigenvalue weighted by atomic mass is 10.2. The molecule has 0 spiro atoms. The molecule has 0 aliphatic carbocycles. The van der Waals surface area contributed by atoms with E-state index in [0.717, 1.165) is 0 Å². The summed E-state index contributed by atoms with van der Waals surface area (Å²) < 4.78 is 15.8. The summed E-state index contributed by atoms with van der Waals surface area (Å²) in [6.07, 6.45) is 0. The molecule has 3 aromatic rings. The highest BCUT2D eigenvalue weighted by molar-refractivity contribution is 7.13. The van der Waals surface area contributed by atoms with E-state index in [1.165, 1.54) is 18.3 Å². The number of thiazole rings is 1. The van der Waals surface area contributed by atoms with Gasteiger partial charge in [-0.25, -0.2) is 9.78 Å². The fourth-order valence-corrected chi connectivity index (χ4v) is 3.28. The van der Waals surface area contributed by atoms with Crippen LogP contribution in [0.25, 0.3) is 0 Å². The smallest absolute Gasteiger partial charge is 0.338 e. The van der Waals surface area contributed by atoms with Crippen molar-refractivity contribution in [2.45, 2.75) is 13.5 Å². The first-order chi connectivity index (χ1) is 15.4. The molecular weight excluding hydrogens is 434 g/mol. The van der Waals surface area contributed by atoms with E-state index in [9.17, 15) is 14.4 Å². The number of carbonyl (C=O) groups excluding carboxylic acids is 3. The summed E-state index contributed by atoms with van der Waals surface area (Å²) in [5, 5.41) is 7.43. The number of aromatic nitrogens is 1. The monoisotopic (exact) mass is 455 g/mol. The van der Waals surface area contributed by atoms with Gasteiger partial charge in [-0.1, -0.05) is 6.07 Å². The molecule has 3 rings (SSSR count). The molecule has 1 heterocycles. The number of ether oxygens (including phenoxy) is 3. The number of benzene rings is 2. The number of esters is 1. The number of anilines is 2. The van der Waals surface area contributed by atoms with Gasteiger partial charge in [0.2, 0.25) is 5.91 Å². The summed E-state index contributed by atoms with van der Waals surface area (Å²) in [5.41, 5.74) is 1.46. The van der Waals surface area contributed by atoms with Gasteiger partial charge in [0.25, 0.3) is 5.91 Å². The van der Waals surface area contributed by atoms with Crippen molar-refractivity contribution in [1.82, 2.24) is 4.98 Å². The van der Waals surface area contributed by atoms with Crippen LogP contribution in [-0.4, -0.2) is 36.5 Å². The Morgan fingerprint density at radius 1 is 1.03 bits per heavy atom. The van der Waals surface area contributed by atoms with Crippen LogP contribution in [0, 0.1) is 0 Å². The second kappa shape index (κ2) is 10.9. The molecule has 10 heteroatoms. The highest BCUT2D eigenvalue weighted by atomic mass is 32.1. The molecule has 0 fully saturated rings. The Labute approximate surface area is 188 Å². The van der Waals surface area contributed by atoms with Gasteiger partial charge in [0.05, 0.1) is 18.4 Å². The molecule has 0 saturated heterocycles. The van der Waals surface area contributed by atoms with E-state index >= 15 is 0 Å². The van der Waals surface area contributed by atoms with Gasteiger partial charge in [-0.3, -0.25) is 9.59 Å². The number of amides is 2. The normalized spacial score (nSPS) is 10.2. The van der Waals surface area contributed by atoms with E-state index in [-0.39, 0.29) is 25.0 Å². The van der Waals surface area contributed by atoms with Crippen LogP contribution in [0.5, 0.6) is 11.5 Å². The van der Waals surface area contributed by atoms with Crippen molar-refractivity contribution in [3.63, 3.8) is 0 Å². The lowest BCUT2D eigenvalue weighted by molar-refractivity contribution is -0.118. The third kappa shape index (κ3) is 6.81. The Balaban J connectivity index is 1.45. The van der Waals surface area contributed by atoms with Crippen molar-refractivity contribution < 1.29 is 28.6 Å². The first kappa shape index (κ1) is 22.8. The Hall–Kier alpha value is -3.92. The standard InChI is InChI=1S/C22H21N3O6S/c1-14(26)23-22-25-17(13-32-22)11-31-21(28)15-6-8-18(9-7-15)30-12-20(27)24-16-4-3-5-19(10-16)29-2/h3-10,13H,11-12H2,1-2H3,(H,24,27)(H,23,25,26). The number of hydrogen-bond donors (Lipinski definition) is 2. The highest BCUT2D eigenvalue weighted by Gasteiger charge is 2.11. The van der Waals surface area contributed by atoms with Crippen LogP contribution < -0.4 is 20.1 Å². The maximum atomic E-state index is 12.2. The third-order valence-electron chi connectivity index (χ3n) is 4.00. The highest BCUT2D eigenvalue weighted by Crippen LogP contribution is 2.18. The van der Waals surface area contributed by atoms with Crippen molar-refractivity contribution in [2.24, 2.45) is 0 Å². The SMILES string of the molecule is COc1cccc(NC(=O)COc2ccc(C(=O)OCc3csc(NC(C)=O)n3)cc2)c1. The first-order valence-corrected chi connectivity index (χ1v) is 10.4. The second-order valence-corrected chi connectivity index (χ2v) is 7.35. The van der Waals surface area contributed by atoms with Crippen molar-refractivity contribution >= 4 is 39.9 Å². The summed E-state index contributed by atoms with van der Waals surface area (Å²) in [6.45, 7) is 1.18. The molecule has 2 aromatic carbocycles. The topological polar surface area (TPSA) is 116 Å². The van der Waals surface area contributed by atoms with Crippen LogP contribution in [0.2, 0.25) is 0 Å². The molecule has 0 aliphatic heterocycles. The van der Waals surface area contributed by atoms with E-state index in [0.29, 0.717) is 33.6 Å². The van der Waals surface area contributed by atoms with Crippen LogP contribution in [0.1, 0.15) is 23.0 Å². The fraction of sp³-hybridized carbons (Fsp3) is 0.182. The number of nitrogens with zero attached hydrogens (tertiary/aromatic N) is 1. The maximum absolute atomic E-state index is 12.2. The number of carbonyl (C=O) groups is 3. The molecular formula is C22H21N3O6S. The van der Waals surface area contributed by atoms with E-state index in [1.807, 2.05) is 0 Å². The summed E-state index contributed by atoms with van der Waals surface area (Å²) in [5.74, 6) is -0.0102. The molecule has 0 aliphatic rings. The average Bonchev–Trinajstić information content (AvgIpc) is 3.23. The molecule has 9 nitrogen and oxygen atoms in total. The van der Waals surface area contributed by atoms with Crippen LogP contribution in [0.4, 0.5) is 10.8 Å². The predicted molar refractivity (Wildman–Crippen MR) is 119 cm³/mol. The molecule has 2 amide bonds. The molecule has 1 aromatic heterocycles. The lowest BCUT2D eigenvalue weighted by Gasteiger charge is -2.09. The Bertz CT molecular complexity index is 1100. The summed E-state index contributed by atoms with van der Waals surface area (Å²) in [4.78, 5) is 39.4. The average molecular weight is 455 g/mol. The Kier molecular flexibility index (Phi) is 7.76. The van der Waals surface area contributed by atoms with Gasteiger partial charge in [-0.2, -0.15) is 0 Å². The van der Waals surface area contributed by atoms with Gasteiger partial charge < -0.3 is 24.8 Å². The summed E-state index contributed by atoms with van der Waals surface area (Å²) >= 11 is 1.25. The molecule has 32 heavy (non-hydrogen) atoms. The number of nitrogens with one attached hydrogen (secondary N) is 2. The van der Waals surface area contributed by atoms with Crippen molar-refractivity contribution in [1.29, 1.82) is 0 Å². The van der Waals surface area contributed by atoms with Crippen molar-refractivity contribution in [3.8, 4) is 11.5 Å². The number of methoxy groups -OCH3 is 1. The van der Waals surface area contributed by atoms with E-state index < -0.39 is 5.97 Å². The van der Waals surface area contributed by atoms with Crippen LogP contribution >= 0.6 is 11.3 Å². The fourth-order valence-electron chi connectivity index (χ4n) is 2.54. The first-order valence-electron chi connectivity index (χ1n) is 9.49. The Morgan fingerprint density at radius 3 is 2.53 bits per heavy atom. The predicted octanol–water partition coefficient (Wildman–Crippen LogP) is 3.48. The quantitative estimate of drug-likeness (QED) is 0.475. The number of hydrogen-bond acceptors (Lipinski definition) is 8. The van der Waals surface area contributed by atoms with Crippen LogP contribution in [0.3, 0.4) is 0 Å². The molecule has 2 N–H and O–H groups in total. The minimum Gasteiger partial charge on any atom is -0.497 e. The van der Waals surface area contributed by atoms with Crippen LogP contribution in [0.15, 0.2) is 53.9 Å². The Morgan fingerprint density at radius 2 is 1.81 bits per heavy atom. The van der Waals surface area contributed by atoms with E-state index in [2.05, 4.69) is 15.6 Å². The second-order valence-electron chi connectivity index (χ2n) is 6.49. The maximum Gasteiger partial charge on any atom is 0.338 e. The van der Waals surface area contributed by atoms with E-state index in [1.54, 1.807) is 61.0 Å². The van der Waals surface area contributed by atoms with Gasteiger partial charge in [0.15, 0.2) is 11.7 Å². The van der Waals surface area contributed by atoms with Crippen molar-refractivity contribution in [3.05, 3.63) is 65.2 Å². The minimum atomic E-state index is -0.526. The van der Waals surface area contributed by atoms with Crippen molar-refractivity contribution in [2.75, 3.05) is 24.4 Å². The van der Waals surface area contributed by atoms with Gasteiger partial charge in [-0.05, 0) is 36.4 Å². The zero-order chi connectivity index (χ0) is 22.9. The zero-order valence-corrected chi connectivity index (χ0v) is 18.2. The summed E-state index contributed by atoms with van der Waals surface area (Å²) in [6, 6.07) is 13.2. The van der Waals surface area contributed by atoms with Gasteiger partial charge in [-0.15, -0.1) is 11.3 Å². The van der Waals surface area contributed by atoms with Crippen LogP contribution in [-0.2, 0) is 20.9 Å². The lowest BCUT2D eigenvalue weighted by Crippen LogP contribution is -2.20. The zero-order valence-electron chi connectivity index (χ0n) is 17.4. The summed E-state index contributed by atoms with van der Waals surface area (Å²) in [7, 11) is 1.55. The molecule has 0 radical (unpaired) electrons. The molecule has 0 unspecified atom stereocenters. The number of rotatable bonds is 9. The molecule has 0 bridgehead atoms. The molecule has 0 saturated carbocycles. The third-order valence-corrected chi connectivity index (χ3v) is 4.81. The van der Waals surface area contributed by atoms with Gasteiger partial charge >= 0.3 is 5.97 Å². The van der Waals surface area contributed by atoms with E-state index in [4.69, 9.17) is 14.2 Å². The minimum absolute atomic E-state index is 0.0163. The van der Waals surface area contributed by atoms with Gasteiger partial charge in [0.1, 0.15) is 18.1 Å². The molecule has 166 valence electrons.